The van der Waals surface area contributed by atoms with Gasteiger partial charge in [0.05, 0.1) is 11.5 Å². The molecule has 9 heteroatoms. The van der Waals surface area contributed by atoms with E-state index in [-0.39, 0.29) is 24.3 Å². The van der Waals surface area contributed by atoms with Crippen molar-refractivity contribution in [3.05, 3.63) is 15.8 Å². The van der Waals surface area contributed by atoms with E-state index in [1.165, 1.54) is 12.8 Å². The lowest BCUT2D eigenvalue weighted by Gasteiger charge is -2.43. The number of nitrogens with zero attached hydrogens (tertiary/aromatic N) is 4. The Morgan fingerprint density at radius 3 is 2.68 bits per heavy atom. The van der Waals surface area contributed by atoms with Gasteiger partial charge in [-0.2, -0.15) is 5.10 Å². The molecule has 2 aliphatic carbocycles. The molecular weight excluding hydrogens is 326 g/mol. The van der Waals surface area contributed by atoms with E-state index in [4.69, 9.17) is 5.11 Å². The summed E-state index contributed by atoms with van der Waals surface area (Å²) in [5.74, 6) is 0.296. The van der Waals surface area contributed by atoms with Gasteiger partial charge < -0.3 is 10.4 Å². The average Bonchev–Trinajstić information content (AvgIpc) is 3.23. The van der Waals surface area contributed by atoms with Crippen LogP contribution in [-0.4, -0.2) is 55.9 Å². The molecule has 0 unspecified atom stereocenters. The van der Waals surface area contributed by atoms with Gasteiger partial charge in [0.25, 0.3) is 0 Å². The SMILES string of the molecule is CCn1nc(C)c([N+](=O)[O-])c1NC1CC(N(CC(=O)O)CC2CC2)C1. The number of carboxylic acids is 1. The standard InChI is InChI=1S/C16H25N5O4/c1-3-20-16(15(21(24)25)10(2)18-20)17-12-6-13(7-12)19(9-14(22)23)8-11-4-5-11/h11-13,17H,3-9H2,1-2H3,(H,22,23). The van der Waals surface area contributed by atoms with Crippen molar-refractivity contribution in [2.75, 3.05) is 18.4 Å². The van der Waals surface area contributed by atoms with Crippen LogP contribution in [0, 0.1) is 23.0 Å². The zero-order valence-electron chi connectivity index (χ0n) is 14.6. The quantitative estimate of drug-likeness (QED) is 0.515. The first-order valence-corrected chi connectivity index (χ1v) is 8.83. The zero-order chi connectivity index (χ0) is 18.1. The van der Waals surface area contributed by atoms with E-state index in [1.54, 1.807) is 11.6 Å². The lowest BCUT2D eigenvalue weighted by molar-refractivity contribution is -0.384. The van der Waals surface area contributed by atoms with Gasteiger partial charge in [-0.05, 0) is 45.4 Å². The number of carbonyl (C=O) groups is 1. The van der Waals surface area contributed by atoms with Crippen LogP contribution in [0.2, 0.25) is 0 Å². The zero-order valence-corrected chi connectivity index (χ0v) is 14.6. The predicted molar refractivity (Wildman–Crippen MR) is 91.7 cm³/mol. The molecular formula is C16H25N5O4. The van der Waals surface area contributed by atoms with Gasteiger partial charge in [0, 0.05) is 25.2 Å². The number of rotatable bonds is 9. The van der Waals surface area contributed by atoms with Crippen LogP contribution < -0.4 is 5.32 Å². The van der Waals surface area contributed by atoms with Crippen molar-refractivity contribution in [1.82, 2.24) is 14.7 Å². The highest BCUT2D eigenvalue weighted by atomic mass is 16.6. The fourth-order valence-electron chi connectivity index (χ4n) is 3.51. The number of hydrogen-bond acceptors (Lipinski definition) is 6. The highest BCUT2D eigenvalue weighted by Gasteiger charge is 2.38. The van der Waals surface area contributed by atoms with Gasteiger partial charge in [-0.15, -0.1) is 0 Å². The lowest BCUT2D eigenvalue weighted by atomic mass is 9.85. The van der Waals surface area contributed by atoms with E-state index in [2.05, 4.69) is 15.3 Å². The van der Waals surface area contributed by atoms with Crippen LogP contribution >= 0.6 is 0 Å². The van der Waals surface area contributed by atoms with Crippen molar-refractivity contribution < 1.29 is 14.8 Å². The van der Waals surface area contributed by atoms with Gasteiger partial charge in [-0.25, -0.2) is 4.68 Å². The largest absolute Gasteiger partial charge is 0.480 e. The van der Waals surface area contributed by atoms with Crippen molar-refractivity contribution in [3.8, 4) is 0 Å². The highest BCUT2D eigenvalue weighted by Crippen LogP contribution is 2.36. The topological polar surface area (TPSA) is 114 Å². The Balaban J connectivity index is 1.63. The summed E-state index contributed by atoms with van der Waals surface area (Å²) >= 11 is 0. The fourth-order valence-corrected chi connectivity index (χ4v) is 3.51. The number of aryl methyl sites for hydroxylation is 2. The number of aromatic nitrogens is 2. The Morgan fingerprint density at radius 2 is 2.16 bits per heavy atom. The second-order valence-corrected chi connectivity index (χ2v) is 7.09. The van der Waals surface area contributed by atoms with Crippen LogP contribution in [0.4, 0.5) is 11.5 Å². The Labute approximate surface area is 146 Å². The Kier molecular flexibility index (Phi) is 4.94. The van der Waals surface area contributed by atoms with E-state index in [9.17, 15) is 14.9 Å². The first-order valence-electron chi connectivity index (χ1n) is 8.83. The Bertz CT molecular complexity index is 664. The molecule has 0 spiro atoms. The summed E-state index contributed by atoms with van der Waals surface area (Å²) in [6.07, 6.45) is 3.97. The molecule has 1 heterocycles. The van der Waals surface area contributed by atoms with Crippen LogP contribution in [0.15, 0.2) is 0 Å². The number of nitrogens with one attached hydrogen (secondary N) is 1. The average molecular weight is 351 g/mol. The van der Waals surface area contributed by atoms with Gasteiger partial charge in [-0.1, -0.05) is 0 Å². The van der Waals surface area contributed by atoms with Crippen molar-refractivity contribution in [2.24, 2.45) is 5.92 Å². The normalized spacial score (nSPS) is 22.7. The maximum atomic E-state index is 11.3. The summed E-state index contributed by atoms with van der Waals surface area (Å²) < 4.78 is 1.63. The highest BCUT2D eigenvalue weighted by molar-refractivity contribution is 5.69. The van der Waals surface area contributed by atoms with Gasteiger partial charge in [0.15, 0.2) is 0 Å². The van der Waals surface area contributed by atoms with Crippen LogP contribution in [-0.2, 0) is 11.3 Å². The predicted octanol–water partition coefficient (Wildman–Crippen LogP) is 1.86. The third-order valence-electron chi connectivity index (χ3n) is 5.08. The molecule has 1 aromatic rings. The number of hydrogen-bond donors (Lipinski definition) is 2. The van der Waals surface area contributed by atoms with Crippen LogP contribution in [0.1, 0.15) is 38.3 Å². The fraction of sp³-hybridized carbons (Fsp3) is 0.750. The molecule has 3 rings (SSSR count). The van der Waals surface area contributed by atoms with Gasteiger partial charge >= 0.3 is 11.7 Å². The number of anilines is 1. The summed E-state index contributed by atoms with van der Waals surface area (Å²) in [5.41, 5.74) is 0.442. The monoisotopic (exact) mass is 351 g/mol. The van der Waals surface area contributed by atoms with E-state index in [0.29, 0.717) is 24.0 Å². The van der Waals surface area contributed by atoms with Crippen molar-refractivity contribution in [1.29, 1.82) is 0 Å². The third kappa shape index (κ3) is 3.92. The summed E-state index contributed by atoms with van der Waals surface area (Å²) in [5, 5.41) is 27.9. The summed E-state index contributed by atoms with van der Waals surface area (Å²) in [4.78, 5) is 24.1. The van der Waals surface area contributed by atoms with Crippen LogP contribution in [0.3, 0.4) is 0 Å². The second-order valence-electron chi connectivity index (χ2n) is 7.09. The molecule has 25 heavy (non-hydrogen) atoms. The molecule has 1 aromatic heterocycles. The number of nitro groups is 1. The first-order chi connectivity index (χ1) is 11.9. The first kappa shape index (κ1) is 17.7. The molecule has 2 aliphatic rings. The molecule has 0 aliphatic heterocycles. The molecule has 0 atom stereocenters. The minimum absolute atomic E-state index is 0.0330. The molecule has 0 saturated heterocycles. The molecule has 138 valence electrons. The maximum absolute atomic E-state index is 11.3. The second kappa shape index (κ2) is 6.99. The maximum Gasteiger partial charge on any atom is 0.333 e. The molecule has 2 N–H and O–H groups in total. The van der Waals surface area contributed by atoms with Gasteiger partial charge in [0.1, 0.15) is 5.69 Å². The number of aliphatic carboxylic acids is 1. The molecule has 0 aromatic carbocycles. The molecule has 0 radical (unpaired) electrons. The lowest BCUT2D eigenvalue weighted by Crippen LogP contribution is -2.52. The molecule has 2 saturated carbocycles. The summed E-state index contributed by atoms with van der Waals surface area (Å²) in [7, 11) is 0. The van der Waals surface area contributed by atoms with Crippen molar-refractivity contribution in [3.63, 3.8) is 0 Å². The smallest absolute Gasteiger partial charge is 0.333 e. The molecule has 2 fully saturated rings. The Morgan fingerprint density at radius 1 is 1.48 bits per heavy atom. The van der Waals surface area contributed by atoms with Crippen LogP contribution in [0.25, 0.3) is 0 Å². The number of carboxylic acid groups (broad SMARTS) is 1. The minimum Gasteiger partial charge on any atom is -0.480 e. The van der Waals surface area contributed by atoms with Gasteiger partial charge in [-0.3, -0.25) is 19.8 Å². The van der Waals surface area contributed by atoms with E-state index in [1.807, 2.05) is 6.92 Å². The molecule has 0 bridgehead atoms. The van der Waals surface area contributed by atoms with E-state index < -0.39 is 10.9 Å². The Hall–Kier alpha value is -2.16. The van der Waals surface area contributed by atoms with Gasteiger partial charge in [0.2, 0.25) is 5.82 Å². The third-order valence-corrected chi connectivity index (χ3v) is 5.08. The van der Waals surface area contributed by atoms with Crippen LogP contribution in [0.5, 0.6) is 0 Å². The van der Waals surface area contributed by atoms with E-state index >= 15 is 0 Å². The molecule has 0 amide bonds. The van der Waals surface area contributed by atoms with Crippen molar-refractivity contribution in [2.45, 2.75) is 58.2 Å². The van der Waals surface area contributed by atoms with E-state index in [0.717, 1.165) is 19.4 Å². The van der Waals surface area contributed by atoms with Crippen molar-refractivity contribution >= 4 is 17.5 Å². The summed E-state index contributed by atoms with van der Waals surface area (Å²) in [6.45, 7) is 5.01. The molecule has 9 nitrogen and oxygen atoms in total. The summed E-state index contributed by atoms with van der Waals surface area (Å²) in [6, 6.07) is 0.341. The minimum atomic E-state index is -0.799.